The Morgan fingerprint density at radius 2 is 1.64 bits per heavy atom. The van der Waals surface area contributed by atoms with Crippen molar-refractivity contribution in [3.8, 4) is 0 Å². The number of hydrogen-bond acceptors (Lipinski definition) is 4. The number of aromatic nitrogens is 1. The smallest absolute Gasteiger partial charge is 0.269 e. The van der Waals surface area contributed by atoms with Crippen molar-refractivity contribution in [2.75, 3.05) is 31.1 Å². The van der Waals surface area contributed by atoms with Crippen LogP contribution in [-0.4, -0.2) is 38.6 Å². The van der Waals surface area contributed by atoms with Gasteiger partial charge in [0.05, 0.1) is 15.4 Å². The highest BCUT2D eigenvalue weighted by Gasteiger charge is 2.28. The number of hydrogen-bond donors (Lipinski definition) is 1. The molecule has 0 saturated carbocycles. The summed E-state index contributed by atoms with van der Waals surface area (Å²) in [6, 6.07) is 11.3. The minimum Gasteiger partial charge on any atom is -0.355 e. The van der Waals surface area contributed by atoms with Crippen LogP contribution < -0.4 is 10.2 Å². The van der Waals surface area contributed by atoms with Crippen molar-refractivity contribution in [3.63, 3.8) is 0 Å². The fourth-order valence-corrected chi connectivity index (χ4v) is 5.81. The molecule has 28 heavy (non-hydrogen) atoms. The summed E-state index contributed by atoms with van der Waals surface area (Å²) in [7, 11) is -3.92. The van der Waals surface area contributed by atoms with Gasteiger partial charge in [0.25, 0.3) is 10.0 Å². The molecule has 1 fully saturated rings. The van der Waals surface area contributed by atoms with Gasteiger partial charge in [0.2, 0.25) is 0 Å². The lowest BCUT2D eigenvalue weighted by molar-refractivity contribution is 0.573. The first-order valence-corrected chi connectivity index (χ1v) is 10.9. The predicted molar refractivity (Wildman–Crippen MR) is 118 cm³/mol. The van der Waals surface area contributed by atoms with Crippen LogP contribution in [0.15, 0.2) is 47.4 Å². The molecule has 0 atom stereocenters. The Kier molecular flexibility index (Phi) is 6.39. The van der Waals surface area contributed by atoms with Crippen molar-refractivity contribution in [1.82, 2.24) is 9.29 Å². The zero-order valence-electron chi connectivity index (χ0n) is 14.5. The van der Waals surface area contributed by atoms with Crippen LogP contribution >= 0.6 is 47.2 Å². The minimum absolute atomic E-state index is 0. The Labute approximate surface area is 184 Å². The molecule has 2 heterocycles. The standard InChI is InChI=1S/C18H16Cl3N3O2S.ClH/c19-13-2-1-3-15(10-13)27(25,26)24-17(23-6-4-22-5-7-23)9-12-8-14(20)11-16(21)18(12)24;/h1-3,8-11,22H,4-7H2;1H. The van der Waals surface area contributed by atoms with E-state index >= 15 is 0 Å². The highest BCUT2D eigenvalue weighted by atomic mass is 35.5. The van der Waals surface area contributed by atoms with Crippen molar-refractivity contribution in [1.29, 1.82) is 0 Å². The number of anilines is 1. The van der Waals surface area contributed by atoms with Crippen molar-refractivity contribution in [2.24, 2.45) is 0 Å². The van der Waals surface area contributed by atoms with Crippen LogP contribution in [0, 0.1) is 0 Å². The molecule has 0 aliphatic carbocycles. The molecule has 0 unspecified atom stereocenters. The van der Waals surface area contributed by atoms with Crippen LogP contribution in [-0.2, 0) is 10.0 Å². The van der Waals surface area contributed by atoms with Gasteiger partial charge >= 0.3 is 0 Å². The first-order valence-electron chi connectivity index (χ1n) is 8.35. The van der Waals surface area contributed by atoms with E-state index in [0.29, 0.717) is 39.9 Å². The number of piperazine rings is 1. The Bertz CT molecular complexity index is 1130. The maximum Gasteiger partial charge on any atom is 0.269 e. The molecule has 1 aliphatic heterocycles. The molecular formula is C18H17Cl4N3O2S. The average Bonchev–Trinajstić information content (AvgIpc) is 3.03. The van der Waals surface area contributed by atoms with Gasteiger partial charge in [-0.2, -0.15) is 0 Å². The zero-order chi connectivity index (χ0) is 19.2. The summed E-state index contributed by atoms with van der Waals surface area (Å²) in [4.78, 5) is 2.14. The van der Waals surface area contributed by atoms with E-state index in [2.05, 4.69) is 5.32 Å². The molecule has 5 nitrogen and oxygen atoms in total. The lowest BCUT2D eigenvalue weighted by Gasteiger charge is -2.30. The second-order valence-corrected chi connectivity index (χ2v) is 9.36. The average molecular weight is 481 g/mol. The normalized spacial score (nSPS) is 14.9. The third-order valence-electron chi connectivity index (χ3n) is 4.53. The Hall–Kier alpha value is -1.15. The lowest BCUT2D eigenvalue weighted by Crippen LogP contribution is -2.44. The first-order chi connectivity index (χ1) is 12.9. The molecule has 3 aromatic rings. The topological polar surface area (TPSA) is 54.3 Å². The first kappa shape index (κ1) is 21.6. The third kappa shape index (κ3) is 3.82. The summed E-state index contributed by atoms with van der Waals surface area (Å²) in [6.45, 7) is 2.92. The number of halogens is 4. The highest BCUT2D eigenvalue weighted by Crippen LogP contribution is 2.37. The maximum atomic E-state index is 13.5. The van der Waals surface area contributed by atoms with E-state index in [0.717, 1.165) is 13.1 Å². The molecule has 1 aliphatic rings. The van der Waals surface area contributed by atoms with Gasteiger partial charge in [0.15, 0.2) is 0 Å². The SMILES string of the molecule is Cl.O=S(=O)(c1cccc(Cl)c1)n1c(N2CCNCC2)cc2cc(Cl)cc(Cl)c21. The van der Waals surface area contributed by atoms with Gasteiger partial charge in [-0.25, -0.2) is 12.4 Å². The van der Waals surface area contributed by atoms with Crippen LogP contribution in [0.25, 0.3) is 10.9 Å². The van der Waals surface area contributed by atoms with E-state index in [1.165, 1.54) is 16.1 Å². The lowest BCUT2D eigenvalue weighted by atomic mass is 10.2. The van der Waals surface area contributed by atoms with Crippen molar-refractivity contribution in [3.05, 3.63) is 57.5 Å². The van der Waals surface area contributed by atoms with Crippen LogP contribution in [0.1, 0.15) is 0 Å². The molecule has 1 saturated heterocycles. The van der Waals surface area contributed by atoms with Gasteiger partial charge in [0.1, 0.15) is 5.82 Å². The summed E-state index contributed by atoms with van der Waals surface area (Å²) < 4.78 is 28.4. The van der Waals surface area contributed by atoms with E-state index < -0.39 is 10.0 Å². The Balaban J connectivity index is 0.00000225. The van der Waals surface area contributed by atoms with Crippen LogP contribution in [0.4, 0.5) is 5.82 Å². The van der Waals surface area contributed by atoms with E-state index in [4.69, 9.17) is 34.8 Å². The van der Waals surface area contributed by atoms with Gasteiger partial charge in [-0.05, 0) is 36.4 Å². The molecule has 0 radical (unpaired) electrons. The van der Waals surface area contributed by atoms with Crippen LogP contribution in [0.2, 0.25) is 15.1 Å². The zero-order valence-corrected chi connectivity index (χ0v) is 18.4. The molecule has 1 N–H and O–H groups in total. The summed E-state index contributed by atoms with van der Waals surface area (Å²) >= 11 is 18.6. The second kappa shape index (κ2) is 8.30. The molecule has 10 heteroatoms. The fourth-order valence-electron chi connectivity index (χ4n) is 3.31. The monoisotopic (exact) mass is 479 g/mol. The minimum atomic E-state index is -3.92. The van der Waals surface area contributed by atoms with Crippen LogP contribution in [0.5, 0.6) is 0 Å². The molecule has 0 bridgehead atoms. The molecule has 2 aromatic carbocycles. The van der Waals surface area contributed by atoms with Gasteiger partial charge < -0.3 is 10.2 Å². The third-order valence-corrected chi connectivity index (χ3v) is 6.97. The summed E-state index contributed by atoms with van der Waals surface area (Å²) in [5.74, 6) is 0.565. The number of rotatable bonds is 3. The van der Waals surface area contributed by atoms with Crippen molar-refractivity contribution >= 4 is 74.0 Å². The fraction of sp³-hybridized carbons (Fsp3) is 0.222. The van der Waals surface area contributed by atoms with Crippen molar-refractivity contribution < 1.29 is 8.42 Å². The van der Waals surface area contributed by atoms with E-state index in [9.17, 15) is 8.42 Å². The Morgan fingerprint density at radius 3 is 2.32 bits per heavy atom. The van der Waals surface area contributed by atoms with Crippen LogP contribution in [0.3, 0.4) is 0 Å². The quantitative estimate of drug-likeness (QED) is 0.591. The largest absolute Gasteiger partial charge is 0.355 e. The number of benzene rings is 2. The molecule has 0 amide bonds. The number of fused-ring (bicyclic) bond motifs is 1. The van der Waals surface area contributed by atoms with E-state index in [-0.39, 0.29) is 22.3 Å². The molecule has 1 aromatic heterocycles. The van der Waals surface area contributed by atoms with Gasteiger partial charge in [-0.3, -0.25) is 0 Å². The summed E-state index contributed by atoms with van der Waals surface area (Å²) in [6.07, 6.45) is 0. The van der Waals surface area contributed by atoms with Gasteiger partial charge in [0, 0.05) is 41.6 Å². The summed E-state index contributed by atoms with van der Waals surface area (Å²) in [5, 5.41) is 5.03. The van der Waals surface area contributed by atoms with Gasteiger partial charge in [-0.15, -0.1) is 12.4 Å². The molecule has 0 spiro atoms. The van der Waals surface area contributed by atoms with Crippen molar-refractivity contribution in [2.45, 2.75) is 4.90 Å². The molecular weight excluding hydrogens is 464 g/mol. The Morgan fingerprint density at radius 1 is 0.929 bits per heavy atom. The number of nitrogens with zero attached hydrogens (tertiary/aromatic N) is 2. The number of nitrogens with one attached hydrogen (secondary N) is 1. The highest BCUT2D eigenvalue weighted by molar-refractivity contribution is 7.90. The van der Waals surface area contributed by atoms with E-state index in [1.54, 1.807) is 24.3 Å². The molecule has 4 rings (SSSR count). The summed E-state index contributed by atoms with van der Waals surface area (Å²) in [5.41, 5.74) is 0.412. The predicted octanol–water partition coefficient (Wildman–Crippen LogP) is 4.67. The molecule has 150 valence electrons. The van der Waals surface area contributed by atoms with Gasteiger partial charge in [-0.1, -0.05) is 40.9 Å². The maximum absolute atomic E-state index is 13.5. The van der Waals surface area contributed by atoms with E-state index in [1.807, 2.05) is 11.0 Å². The second-order valence-electron chi connectivity index (χ2n) is 6.29.